The third-order valence-corrected chi connectivity index (χ3v) is 7.24. The summed E-state index contributed by atoms with van der Waals surface area (Å²) in [7, 11) is 0. The normalized spacial score (nSPS) is 11.2. The molecule has 4 N–H and O–H groups in total. The molecule has 5 rings (SSSR count). The van der Waals surface area contributed by atoms with Crippen LogP contribution in [0.5, 0.6) is 0 Å². The van der Waals surface area contributed by atoms with E-state index in [2.05, 4.69) is 20.9 Å². The fourth-order valence-corrected chi connectivity index (χ4v) is 4.91. The Hall–Kier alpha value is -5.08. The molecule has 7 nitrogen and oxygen atoms in total. The number of carbonyl (C=O) groups is 3. The second kappa shape index (κ2) is 12.8. The van der Waals surface area contributed by atoms with Crippen LogP contribution in [0.25, 0.3) is 17.0 Å². The van der Waals surface area contributed by atoms with E-state index < -0.39 is 11.8 Å². The molecule has 3 amide bonds. The van der Waals surface area contributed by atoms with Crippen molar-refractivity contribution in [2.24, 2.45) is 0 Å². The molecule has 1 heterocycles. The predicted octanol–water partition coefficient (Wildman–Crippen LogP) is 6.62. The molecule has 0 spiro atoms. The minimum absolute atomic E-state index is 0.0964. The zero-order valence-electron chi connectivity index (χ0n) is 22.3. The van der Waals surface area contributed by atoms with Crippen molar-refractivity contribution in [2.45, 2.75) is 11.8 Å². The fraction of sp³-hybridized carbons (Fsp3) is 0.0606. The van der Waals surface area contributed by atoms with Crippen molar-refractivity contribution in [3.63, 3.8) is 0 Å². The second-order valence-corrected chi connectivity index (χ2v) is 10.4. The van der Waals surface area contributed by atoms with Crippen molar-refractivity contribution in [2.75, 3.05) is 16.4 Å². The average molecular weight is 561 g/mol. The number of thioether (sulfide) groups is 1. The van der Waals surface area contributed by atoms with E-state index in [1.54, 1.807) is 54.7 Å². The molecule has 204 valence electrons. The molecule has 5 aromatic rings. The zero-order chi connectivity index (χ0) is 28.6. The number of aromatic amines is 1. The molecule has 0 atom stereocenters. The van der Waals surface area contributed by atoms with Crippen molar-refractivity contribution in [1.82, 2.24) is 10.3 Å². The summed E-state index contributed by atoms with van der Waals surface area (Å²) in [5.74, 6) is -0.778. The van der Waals surface area contributed by atoms with Gasteiger partial charge < -0.3 is 20.9 Å². The quantitative estimate of drug-likeness (QED) is 0.120. The van der Waals surface area contributed by atoms with Crippen LogP contribution in [-0.4, -0.2) is 28.5 Å². The van der Waals surface area contributed by atoms with E-state index in [0.717, 1.165) is 32.6 Å². The summed E-state index contributed by atoms with van der Waals surface area (Å²) in [6, 6.07) is 31.3. The minimum Gasteiger partial charge on any atom is -0.361 e. The van der Waals surface area contributed by atoms with E-state index in [0.29, 0.717) is 11.3 Å². The number of aromatic nitrogens is 1. The average Bonchev–Trinajstić information content (AvgIpc) is 3.40. The topological polar surface area (TPSA) is 103 Å². The molecule has 0 fully saturated rings. The standard InChI is InChI=1S/C33H28N4O3S/c1-22-14-16-25(17-15-22)35-31(38)21-41-27-11-7-10-26(19-27)36-33(40)30(37-32(39)23-8-3-2-4-9-23)18-24-20-34-29-13-6-5-12-28(24)29/h2-20,34H,21H2,1H3,(H,35,38)(H,36,40)(H,37,39)/b30-18-. The van der Waals surface area contributed by atoms with Gasteiger partial charge in [-0.15, -0.1) is 11.8 Å². The van der Waals surface area contributed by atoms with Crippen LogP contribution in [0.3, 0.4) is 0 Å². The van der Waals surface area contributed by atoms with Gasteiger partial charge in [-0.05, 0) is 61.5 Å². The molecule has 0 aliphatic carbocycles. The number of hydrogen-bond acceptors (Lipinski definition) is 4. The van der Waals surface area contributed by atoms with Crippen molar-refractivity contribution >= 4 is 57.8 Å². The Morgan fingerprint density at radius 2 is 1.56 bits per heavy atom. The highest BCUT2D eigenvalue weighted by Gasteiger charge is 2.16. The predicted molar refractivity (Wildman–Crippen MR) is 166 cm³/mol. The minimum atomic E-state index is -0.473. The second-order valence-electron chi connectivity index (χ2n) is 9.35. The third kappa shape index (κ3) is 7.32. The van der Waals surface area contributed by atoms with Crippen LogP contribution in [0.15, 0.2) is 120 Å². The smallest absolute Gasteiger partial charge is 0.272 e. The Bertz CT molecular complexity index is 1730. The molecule has 0 bridgehead atoms. The van der Waals surface area contributed by atoms with Gasteiger partial charge in [0.1, 0.15) is 5.70 Å². The Kier molecular flexibility index (Phi) is 8.61. The molecule has 0 radical (unpaired) electrons. The Morgan fingerprint density at radius 1 is 0.805 bits per heavy atom. The van der Waals surface area contributed by atoms with Gasteiger partial charge in [0.25, 0.3) is 11.8 Å². The van der Waals surface area contributed by atoms with Crippen molar-refractivity contribution in [1.29, 1.82) is 0 Å². The van der Waals surface area contributed by atoms with Crippen LogP contribution >= 0.6 is 11.8 Å². The van der Waals surface area contributed by atoms with Gasteiger partial charge in [0.05, 0.1) is 5.75 Å². The highest BCUT2D eigenvalue weighted by molar-refractivity contribution is 8.00. The maximum Gasteiger partial charge on any atom is 0.272 e. The summed E-state index contributed by atoms with van der Waals surface area (Å²) < 4.78 is 0. The van der Waals surface area contributed by atoms with Crippen LogP contribution in [0.2, 0.25) is 0 Å². The maximum absolute atomic E-state index is 13.5. The summed E-state index contributed by atoms with van der Waals surface area (Å²) in [6.07, 6.45) is 3.45. The van der Waals surface area contributed by atoms with Gasteiger partial charge in [0, 0.05) is 44.5 Å². The highest BCUT2D eigenvalue weighted by Crippen LogP contribution is 2.24. The van der Waals surface area contributed by atoms with E-state index in [1.807, 2.05) is 67.6 Å². The van der Waals surface area contributed by atoms with E-state index in [-0.39, 0.29) is 17.4 Å². The number of hydrogen-bond donors (Lipinski definition) is 4. The highest BCUT2D eigenvalue weighted by atomic mass is 32.2. The van der Waals surface area contributed by atoms with Gasteiger partial charge in [-0.25, -0.2) is 0 Å². The molecular formula is C33H28N4O3S. The number of nitrogens with one attached hydrogen (secondary N) is 4. The molecular weight excluding hydrogens is 532 g/mol. The van der Waals surface area contributed by atoms with Gasteiger partial charge in [0.15, 0.2) is 0 Å². The number of anilines is 2. The molecule has 0 saturated heterocycles. The maximum atomic E-state index is 13.5. The van der Waals surface area contributed by atoms with Crippen LogP contribution in [0.4, 0.5) is 11.4 Å². The summed E-state index contributed by atoms with van der Waals surface area (Å²) in [6.45, 7) is 1.99. The van der Waals surface area contributed by atoms with Gasteiger partial charge in [-0.2, -0.15) is 0 Å². The van der Waals surface area contributed by atoms with Gasteiger partial charge in [0.2, 0.25) is 5.91 Å². The number of fused-ring (bicyclic) bond motifs is 1. The largest absolute Gasteiger partial charge is 0.361 e. The number of carbonyl (C=O) groups excluding carboxylic acids is 3. The monoisotopic (exact) mass is 560 g/mol. The Labute approximate surface area is 242 Å². The number of para-hydroxylation sites is 1. The van der Waals surface area contributed by atoms with E-state index in [9.17, 15) is 14.4 Å². The lowest BCUT2D eigenvalue weighted by Crippen LogP contribution is -2.30. The summed E-state index contributed by atoms with van der Waals surface area (Å²) in [5, 5.41) is 9.47. The third-order valence-electron chi connectivity index (χ3n) is 6.25. The van der Waals surface area contributed by atoms with E-state index in [1.165, 1.54) is 11.8 Å². The number of amides is 3. The van der Waals surface area contributed by atoms with Crippen LogP contribution in [-0.2, 0) is 9.59 Å². The molecule has 0 saturated carbocycles. The first-order chi connectivity index (χ1) is 19.9. The SMILES string of the molecule is Cc1ccc(NC(=O)CSc2cccc(NC(=O)/C(=C/c3c[nH]c4ccccc34)NC(=O)c3ccccc3)c2)cc1. The molecule has 0 aliphatic rings. The molecule has 0 unspecified atom stereocenters. The van der Waals surface area contributed by atoms with Gasteiger partial charge in [-0.3, -0.25) is 14.4 Å². The zero-order valence-corrected chi connectivity index (χ0v) is 23.1. The first-order valence-corrected chi connectivity index (χ1v) is 14.0. The van der Waals surface area contributed by atoms with Gasteiger partial charge >= 0.3 is 0 Å². The molecule has 0 aliphatic heterocycles. The lowest BCUT2D eigenvalue weighted by Gasteiger charge is -2.12. The summed E-state index contributed by atoms with van der Waals surface area (Å²) in [5.41, 5.74) is 4.63. The lowest BCUT2D eigenvalue weighted by molar-refractivity contribution is -0.114. The molecule has 1 aromatic heterocycles. The van der Waals surface area contributed by atoms with Crippen molar-refractivity contribution < 1.29 is 14.4 Å². The molecule has 4 aromatic carbocycles. The fourth-order valence-electron chi connectivity index (χ4n) is 4.16. The van der Waals surface area contributed by atoms with Crippen molar-refractivity contribution in [3.8, 4) is 0 Å². The van der Waals surface area contributed by atoms with Crippen LogP contribution in [0, 0.1) is 6.92 Å². The van der Waals surface area contributed by atoms with Gasteiger partial charge in [-0.1, -0.05) is 60.2 Å². The van der Waals surface area contributed by atoms with Crippen LogP contribution in [0.1, 0.15) is 21.5 Å². The van der Waals surface area contributed by atoms with Crippen LogP contribution < -0.4 is 16.0 Å². The molecule has 8 heteroatoms. The van der Waals surface area contributed by atoms with E-state index in [4.69, 9.17) is 0 Å². The lowest BCUT2D eigenvalue weighted by atomic mass is 10.1. The number of rotatable bonds is 9. The summed E-state index contributed by atoms with van der Waals surface area (Å²) in [4.78, 5) is 42.9. The number of aryl methyl sites for hydroxylation is 1. The summed E-state index contributed by atoms with van der Waals surface area (Å²) >= 11 is 1.36. The Morgan fingerprint density at radius 3 is 2.37 bits per heavy atom. The number of H-pyrrole nitrogens is 1. The number of benzene rings is 4. The van der Waals surface area contributed by atoms with Crippen molar-refractivity contribution in [3.05, 3.63) is 132 Å². The van der Waals surface area contributed by atoms with E-state index >= 15 is 0 Å². The first-order valence-electron chi connectivity index (χ1n) is 13.0. The Balaban J connectivity index is 1.30. The first kappa shape index (κ1) is 27.5. The molecule has 41 heavy (non-hydrogen) atoms.